The summed E-state index contributed by atoms with van der Waals surface area (Å²) in [7, 11) is -4.36. The van der Waals surface area contributed by atoms with E-state index in [4.69, 9.17) is 0 Å². The van der Waals surface area contributed by atoms with E-state index in [1.54, 1.807) is 6.92 Å². The number of ether oxygens (including phenoxy) is 1. The van der Waals surface area contributed by atoms with Crippen LogP contribution in [0.3, 0.4) is 0 Å². The molecule has 0 aliphatic heterocycles. The van der Waals surface area contributed by atoms with Crippen LogP contribution in [0, 0.1) is 0 Å². The average molecular weight is 325 g/mol. The summed E-state index contributed by atoms with van der Waals surface area (Å²) in [5, 5.41) is 0. The number of halogens is 3. The van der Waals surface area contributed by atoms with Crippen LogP contribution in [0.2, 0.25) is 0 Å². The van der Waals surface area contributed by atoms with Crippen LogP contribution in [0.4, 0.5) is 13.2 Å². The van der Waals surface area contributed by atoms with E-state index >= 15 is 0 Å². The molecule has 0 unspecified atom stereocenters. The third kappa shape index (κ3) is 5.01. The molecule has 0 heterocycles. The van der Waals surface area contributed by atoms with E-state index in [2.05, 4.69) is 4.74 Å². The third-order valence-corrected chi connectivity index (χ3v) is 3.93. The highest BCUT2D eigenvalue weighted by Crippen LogP contribution is 2.33. The van der Waals surface area contributed by atoms with Gasteiger partial charge in [0.2, 0.25) is 10.0 Å². The number of esters is 1. The van der Waals surface area contributed by atoms with Crippen molar-refractivity contribution >= 4 is 16.0 Å². The molecular weight excluding hydrogens is 311 g/mol. The van der Waals surface area contributed by atoms with Crippen molar-refractivity contribution < 1.29 is 31.1 Å². The fourth-order valence-electron chi connectivity index (χ4n) is 1.53. The fraction of sp³-hybridized carbons (Fsp3) is 0.417. The van der Waals surface area contributed by atoms with Crippen LogP contribution in [0.1, 0.15) is 18.9 Å². The Morgan fingerprint density at radius 1 is 1.29 bits per heavy atom. The first-order valence-electron chi connectivity index (χ1n) is 6.00. The number of sulfonamides is 1. The summed E-state index contributed by atoms with van der Waals surface area (Å²) in [4.78, 5) is 10.2. The van der Waals surface area contributed by atoms with Crippen molar-refractivity contribution in [3.8, 4) is 0 Å². The first kappa shape index (κ1) is 17.4. The quantitative estimate of drug-likeness (QED) is 0.811. The van der Waals surface area contributed by atoms with E-state index in [-0.39, 0.29) is 19.6 Å². The zero-order valence-electron chi connectivity index (χ0n) is 11.1. The summed E-state index contributed by atoms with van der Waals surface area (Å²) in [6, 6.07) is 3.82. The van der Waals surface area contributed by atoms with Gasteiger partial charge in [0.15, 0.2) is 0 Å². The van der Waals surface area contributed by atoms with Gasteiger partial charge in [-0.1, -0.05) is 12.1 Å². The first-order valence-corrected chi connectivity index (χ1v) is 7.48. The Balaban J connectivity index is 2.87. The molecule has 1 N–H and O–H groups in total. The molecule has 0 bridgehead atoms. The van der Waals surface area contributed by atoms with Crippen molar-refractivity contribution in [1.82, 2.24) is 4.72 Å². The predicted octanol–water partition coefficient (Wildman–Crippen LogP) is 1.94. The van der Waals surface area contributed by atoms with Crippen molar-refractivity contribution in [2.75, 3.05) is 13.2 Å². The topological polar surface area (TPSA) is 72.5 Å². The second-order valence-electron chi connectivity index (χ2n) is 3.95. The third-order valence-electron chi connectivity index (χ3n) is 2.41. The summed E-state index contributed by atoms with van der Waals surface area (Å²) in [6.07, 6.45) is -5.05. The Kier molecular flexibility index (Phi) is 5.73. The van der Waals surface area contributed by atoms with Crippen molar-refractivity contribution in [3.63, 3.8) is 0 Å². The SMILES string of the molecule is CCOC(=O)CCNS(=O)(=O)c1ccccc1C(F)(F)F. The van der Waals surface area contributed by atoms with Gasteiger partial charge in [-0.25, -0.2) is 13.1 Å². The van der Waals surface area contributed by atoms with Gasteiger partial charge in [0.05, 0.1) is 23.5 Å². The van der Waals surface area contributed by atoms with E-state index in [1.807, 2.05) is 4.72 Å². The second kappa shape index (κ2) is 6.90. The molecule has 1 aromatic rings. The lowest BCUT2D eigenvalue weighted by molar-refractivity contribution is -0.143. The highest BCUT2D eigenvalue weighted by molar-refractivity contribution is 7.89. The van der Waals surface area contributed by atoms with Crippen LogP contribution in [0.15, 0.2) is 29.2 Å². The number of carbonyl (C=O) groups excluding carboxylic acids is 1. The minimum atomic E-state index is -4.79. The Hall–Kier alpha value is -1.61. The summed E-state index contributed by atoms with van der Waals surface area (Å²) >= 11 is 0. The van der Waals surface area contributed by atoms with E-state index in [0.717, 1.165) is 12.1 Å². The monoisotopic (exact) mass is 325 g/mol. The molecule has 9 heteroatoms. The Labute approximate surface area is 120 Å². The zero-order valence-corrected chi connectivity index (χ0v) is 11.9. The average Bonchev–Trinajstić information content (AvgIpc) is 2.38. The molecule has 0 aliphatic rings. The second-order valence-corrected chi connectivity index (χ2v) is 5.68. The summed E-state index contributed by atoms with van der Waals surface area (Å²) in [6.45, 7) is 1.39. The Morgan fingerprint density at radius 3 is 2.48 bits per heavy atom. The summed E-state index contributed by atoms with van der Waals surface area (Å²) in [5.41, 5.74) is -1.26. The molecular formula is C12H14F3NO4S. The standard InChI is InChI=1S/C12H14F3NO4S/c1-2-20-11(17)7-8-16-21(18,19)10-6-4-3-5-9(10)12(13,14)15/h3-6,16H,2,7-8H2,1H3. The van der Waals surface area contributed by atoms with E-state index in [0.29, 0.717) is 6.07 Å². The maximum atomic E-state index is 12.8. The normalized spacial score (nSPS) is 12.2. The molecule has 0 spiro atoms. The minimum absolute atomic E-state index is 0.141. The molecule has 1 rings (SSSR count). The smallest absolute Gasteiger partial charge is 0.417 e. The van der Waals surface area contributed by atoms with Crippen LogP contribution in [-0.2, 0) is 25.7 Å². The minimum Gasteiger partial charge on any atom is -0.466 e. The molecule has 0 radical (unpaired) electrons. The molecule has 0 aliphatic carbocycles. The molecule has 1 aromatic carbocycles. The van der Waals surface area contributed by atoms with Gasteiger partial charge >= 0.3 is 12.1 Å². The molecule has 21 heavy (non-hydrogen) atoms. The van der Waals surface area contributed by atoms with Gasteiger partial charge in [-0.15, -0.1) is 0 Å². The molecule has 118 valence electrons. The van der Waals surface area contributed by atoms with E-state index < -0.39 is 32.6 Å². The summed E-state index contributed by atoms with van der Waals surface area (Å²) in [5.74, 6) is -0.635. The van der Waals surface area contributed by atoms with E-state index in [9.17, 15) is 26.4 Å². The number of carbonyl (C=O) groups is 1. The van der Waals surface area contributed by atoms with Crippen LogP contribution in [-0.4, -0.2) is 27.5 Å². The molecule has 0 saturated carbocycles. The highest BCUT2D eigenvalue weighted by Gasteiger charge is 2.36. The highest BCUT2D eigenvalue weighted by atomic mass is 32.2. The lowest BCUT2D eigenvalue weighted by Crippen LogP contribution is -2.28. The maximum absolute atomic E-state index is 12.8. The Morgan fingerprint density at radius 2 is 1.90 bits per heavy atom. The Bertz CT molecular complexity index is 599. The lowest BCUT2D eigenvalue weighted by atomic mass is 10.2. The molecule has 5 nitrogen and oxygen atoms in total. The van der Waals surface area contributed by atoms with Crippen LogP contribution >= 0.6 is 0 Å². The van der Waals surface area contributed by atoms with Gasteiger partial charge in [0.1, 0.15) is 0 Å². The van der Waals surface area contributed by atoms with Crippen molar-refractivity contribution in [2.24, 2.45) is 0 Å². The van der Waals surface area contributed by atoms with Crippen LogP contribution in [0.25, 0.3) is 0 Å². The van der Waals surface area contributed by atoms with Gasteiger partial charge in [-0.05, 0) is 19.1 Å². The van der Waals surface area contributed by atoms with Crippen LogP contribution in [0.5, 0.6) is 0 Å². The zero-order chi connectivity index (χ0) is 16.1. The number of hydrogen-bond donors (Lipinski definition) is 1. The fourth-order valence-corrected chi connectivity index (χ4v) is 2.79. The molecule has 0 atom stereocenters. The summed E-state index contributed by atoms with van der Waals surface area (Å²) < 4.78 is 68.6. The van der Waals surface area contributed by atoms with Gasteiger partial charge < -0.3 is 4.74 Å². The van der Waals surface area contributed by atoms with Crippen molar-refractivity contribution in [3.05, 3.63) is 29.8 Å². The number of benzene rings is 1. The van der Waals surface area contributed by atoms with Gasteiger partial charge in [0.25, 0.3) is 0 Å². The molecule has 0 aromatic heterocycles. The number of alkyl halides is 3. The predicted molar refractivity (Wildman–Crippen MR) is 67.9 cm³/mol. The van der Waals surface area contributed by atoms with Crippen molar-refractivity contribution in [2.45, 2.75) is 24.4 Å². The number of hydrogen-bond acceptors (Lipinski definition) is 4. The molecule has 0 amide bonds. The first-order chi connectivity index (χ1) is 9.68. The number of nitrogens with one attached hydrogen (secondary N) is 1. The molecule has 0 fully saturated rings. The van der Waals surface area contributed by atoms with Gasteiger partial charge in [-0.2, -0.15) is 13.2 Å². The largest absolute Gasteiger partial charge is 0.466 e. The van der Waals surface area contributed by atoms with Gasteiger partial charge in [-0.3, -0.25) is 4.79 Å². The van der Waals surface area contributed by atoms with Crippen LogP contribution < -0.4 is 4.72 Å². The number of rotatable bonds is 6. The molecule has 0 saturated heterocycles. The lowest BCUT2D eigenvalue weighted by Gasteiger charge is -2.13. The maximum Gasteiger partial charge on any atom is 0.417 e. The van der Waals surface area contributed by atoms with Crippen molar-refractivity contribution in [1.29, 1.82) is 0 Å². The van der Waals surface area contributed by atoms with E-state index in [1.165, 1.54) is 6.07 Å². The van der Waals surface area contributed by atoms with Gasteiger partial charge in [0, 0.05) is 6.54 Å².